The van der Waals surface area contributed by atoms with Crippen molar-refractivity contribution in [3.8, 4) is 28.8 Å². The Morgan fingerprint density at radius 2 is 1.88 bits per heavy atom. The van der Waals surface area contributed by atoms with Crippen molar-refractivity contribution in [2.45, 2.75) is 50.6 Å². The van der Waals surface area contributed by atoms with Crippen LogP contribution >= 0.6 is 0 Å². The Labute approximate surface area is 236 Å². The van der Waals surface area contributed by atoms with Gasteiger partial charge in [0, 0.05) is 29.3 Å². The lowest BCUT2D eigenvalue weighted by Gasteiger charge is -2.25. The van der Waals surface area contributed by atoms with Crippen LogP contribution in [0.2, 0.25) is 0 Å². The fraction of sp³-hybridized carbons (Fsp3) is 0.276. The molecule has 0 saturated heterocycles. The number of alkyl halides is 4. The summed E-state index contributed by atoms with van der Waals surface area (Å²) in [6.07, 6.45) is -2.61. The van der Waals surface area contributed by atoms with Crippen molar-refractivity contribution < 1.29 is 31.2 Å². The number of pyridine rings is 1. The standard InChI is InChI=1S/C29H23F5N6O2/c1-28(2,14-35)27-39-38-25(42-27)18-9-23-19(10-20(18)30)29(33,34)11-21(36)26(41)40(23)13-15-3-5-16(6-4-15)22-8-7-17(12-37-22)24(31)32/h3-10,12,21,24H,11,13,36H2,1-2H3/t21-/m0/s1. The van der Waals surface area contributed by atoms with Gasteiger partial charge in [0.2, 0.25) is 11.8 Å². The van der Waals surface area contributed by atoms with Gasteiger partial charge in [-0.1, -0.05) is 24.3 Å². The van der Waals surface area contributed by atoms with Crippen LogP contribution in [-0.2, 0) is 22.7 Å². The molecule has 0 spiro atoms. The van der Waals surface area contributed by atoms with Gasteiger partial charge >= 0.3 is 0 Å². The molecule has 5 rings (SSSR count). The van der Waals surface area contributed by atoms with Gasteiger partial charge < -0.3 is 15.1 Å². The van der Waals surface area contributed by atoms with Crippen LogP contribution in [0.25, 0.3) is 22.7 Å². The maximum atomic E-state index is 15.3. The fourth-order valence-electron chi connectivity index (χ4n) is 4.50. The van der Waals surface area contributed by atoms with Crippen LogP contribution in [0.15, 0.2) is 59.1 Å². The predicted octanol–water partition coefficient (Wildman–Crippen LogP) is 6.03. The van der Waals surface area contributed by atoms with Gasteiger partial charge in [0.05, 0.1) is 35.6 Å². The van der Waals surface area contributed by atoms with Gasteiger partial charge in [-0.25, -0.2) is 22.0 Å². The minimum Gasteiger partial charge on any atom is -0.419 e. The van der Waals surface area contributed by atoms with Gasteiger partial charge in [-0.2, -0.15) is 5.26 Å². The number of carbonyl (C=O) groups is 1. The number of amides is 1. The van der Waals surface area contributed by atoms with E-state index in [9.17, 15) is 18.8 Å². The van der Waals surface area contributed by atoms with Gasteiger partial charge in [-0.15, -0.1) is 10.2 Å². The number of nitrogens with zero attached hydrogens (tertiary/aromatic N) is 5. The van der Waals surface area contributed by atoms with Crippen LogP contribution in [-0.4, -0.2) is 27.1 Å². The number of carbonyl (C=O) groups excluding carboxylic acids is 1. The number of anilines is 1. The van der Waals surface area contributed by atoms with Gasteiger partial charge in [0.15, 0.2) is 0 Å². The highest BCUT2D eigenvalue weighted by molar-refractivity contribution is 5.99. The first kappa shape index (κ1) is 28.8. The zero-order valence-electron chi connectivity index (χ0n) is 22.3. The summed E-state index contributed by atoms with van der Waals surface area (Å²) < 4.78 is 77.0. The average molecular weight is 583 g/mol. The van der Waals surface area contributed by atoms with Crippen LogP contribution in [0.4, 0.5) is 27.6 Å². The van der Waals surface area contributed by atoms with Crippen molar-refractivity contribution in [1.29, 1.82) is 5.26 Å². The summed E-state index contributed by atoms with van der Waals surface area (Å²) in [5, 5.41) is 16.9. The zero-order chi connectivity index (χ0) is 30.4. The molecule has 0 saturated carbocycles. The molecule has 0 unspecified atom stereocenters. The fourth-order valence-corrected chi connectivity index (χ4v) is 4.50. The largest absolute Gasteiger partial charge is 0.419 e. The smallest absolute Gasteiger partial charge is 0.277 e. The molecule has 0 bridgehead atoms. The van der Waals surface area contributed by atoms with Crippen molar-refractivity contribution in [1.82, 2.24) is 15.2 Å². The van der Waals surface area contributed by atoms with Gasteiger partial charge in [0.1, 0.15) is 11.2 Å². The van der Waals surface area contributed by atoms with E-state index in [1.165, 1.54) is 26.0 Å². The lowest BCUT2D eigenvalue weighted by atomic mass is 9.96. The third-order valence-electron chi connectivity index (χ3n) is 6.93. The highest BCUT2D eigenvalue weighted by Gasteiger charge is 2.45. The summed E-state index contributed by atoms with van der Waals surface area (Å²) in [4.78, 5) is 18.4. The molecule has 1 aliphatic rings. The molecular formula is C29H23F5N6O2. The lowest BCUT2D eigenvalue weighted by Crippen LogP contribution is -2.43. The van der Waals surface area contributed by atoms with Crippen molar-refractivity contribution in [3.05, 3.63) is 83.1 Å². The summed E-state index contributed by atoms with van der Waals surface area (Å²) >= 11 is 0. The second-order valence-corrected chi connectivity index (χ2v) is 10.4. The molecule has 1 amide bonds. The Morgan fingerprint density at radius 1 is 1.17 bits per heavy atom. The topological polar surface area (TPSA) is 122 Å². The Hall–Kier alpha value is -4.70. The lowest BCUT2D eigenvalue weighted by molar-refractivity contribution is -0.122. The molecule has 13 heteroatoms. The Bertz CT molecular complexity index is 1680. The first-order chi connectivity index (χ1) is 19.8. The molecule has 42 heavy (non-hydrogen) atoms. The molecule has 2 aromatic carbocycles. The van der Waals surface area contributed by atoms with Crippen LogP contribution < -0.4 is 10.6 Å². The minimum atomic E-state index is -3.64. The number of hydrogen-bond donors (Lipinski definition) is 1. The van der Waals surface area contributed by atoms with Crippen LogP contribution in [0.5, 0.6) is 0 Å². The molecule has 0 fully saturated rings. The summed E-state index contributed by atoms with van der Waals surface area (Å²) in [7, 11) is 0. The third-order valence-corrected chi connectivity index (χ3v) is 6.93. The second kappa shape index (κ2) is 10.6. The molecule has 0 aliphatic carbocycles. The van der Waals surface area contributed by atoms with E-state index in [2.05, 4.69) is 15.2 Å². The van der Waals surface area contributed by atoms with Crippen LogP contribution in [0, 0.1) is 17.1 Å². The van der Waals surface area contributed by atoms with E-state index < -0.39 is 47.5 Å². The molecule has 2 N–H and O–H groups in total. The zero-order valence-corrected chi connectivity index (χ0v) is 22.3. The van der Waals surface area contributed by atoms with Gasteiger partial charge in [0.25, 0.3) is 18.2 Å². The number of benzene rings is 2. The molecule has 216 valence electrons. The SMILES string of the molecule is CC(C)(C#N)c1nnc(-c2cc3c(cc2F)C(F)(F)C[C@H](N)C(=O)N3Cc2ccc(-c3ccc(C(F)F)cn3)cc2)o1. The number of rotatable bonds is 6. The summed E-state index contributed by atoms with van der Waals surface area (Å²) in [6, 6.07) is 11.3. The molecule has 2 aromatic heterocycles. The predicted molar refractivity (Wildman–Crippen MR) is 141 cm³/mol. The Morgan fingerprint density at radius 3 is 2.50 bits per heavy atom. The Balaban J connectivity index is 1.53. The molecule has 1 atom stereocenters. The maximum absolute atomic E-state index is 15.3. The van der Waals surface area contributed by atoms with E-state index in [1.807, 2.05) is 6.07 Å². The van der Waals surface area contributed by atoms with E-state index in [1.54, 1.807) is 24.3 Å². The number of fused-ring (bicyclic) bond motifs is 1. The highest BCUT2D eigenvalue weighted by Crippen LogP contribution is 2.45. The van der Waals surface area contributed by atoms with E-state index in [0.29, 0.717) is 22.9 Å². The van der Waals surface area contributed by atoms with Crippen molar-refractivity contribution >= 4 is 11.6 Å². The van der Waals surface area contributed by atoms with Gasteiger partial charge in [-0.05, 0) is 43.7 Å². The quantitative estimate of drug-likeness (QED) is 0.276. The summed E-state index contributed by atoms with van der Waals surface area (Å²) in [5.41, 5.74) is 4.64. The van der Waals surface area contributed by atoms with Crippen molar-refractivity contribution in [3.63, 3.8) is 0 Å². The normalized spacial score (nSPS) is 16.7. The van der Waals surface area contributed by atoms with Crippen molar-refractivity contribution in [2.24, 2.45) is 5.73 Å². The number of nitrogens with two attached hydrogens (primary N) is 1. The first-order valence-corrected chi connectivity index (χ1v) is 12.7. The monoisotopic (exact) mass is 582 g/mol. The van der Waals surface area contributed by atoms with Gasteiger partial charge in [-0.3, -0.25) is 9.78 Å². The molecule has 1 aliphatic heterocycles. The average Bonchev–Trinajstić information content (AvgIpc) is 3.45. The van der Waals surface area contributed by atoms with E-state index in [4.69, 9.17) is 10.2 Å². The maximum Gasteiger partial charge on any atom is 0.277 e. The minimum absolute atomic E-state index is 0.104. The molecular weight excluding hydrogens is 559 g/mol. The first-order valence-electron chi connectivity index (χ1n) is 12.7. The highest BCUT2D eigenvalue weighted by atomic mass is 19.3. The third kappa shape index (κ3) is 5.33. The van der Waals surface area contributed by atoms with E-state index in [-0.39, 0.29) is 35.1 Å². The van der Waals surface area contributed by atoms with Crippen LogP contribution in [0.3, 0.4) is 0 Å². The van der Waals surface area contributed by atoms with Crippen LogP contribution in [0.1, 0.15) is 49.3 Å². The summed E-state index contributed by atoms with van der Waals surface area (Å²) in [6.45, 7) is 2.83. The molecule has 4 aromatic rings. The van der Waals surface area contributed by atoms with E-state index >= 15 is 13.2 Å². The van der Waals surface area contributed by atoms with E-state index in [0.717, 1.165) is 17.2 Å². The number of nitriles is 1. The number of aromatic nitrogens is 3. The summed E-state index contributed by atoms with van der Waals surface area (Å²) in [5.74, 6) is -5.99. The Kier molecular flexibility index (Phi) is 7.28. The number of halogens is 5. The number of hydrogen-bond acceptors (Lipinski definition) is 7. The van der Waals surface area contributed by atoms with Crippen molar-refractivity contribution in [2.75, 3.05) is 4.90 Å². The molecule has 8 nitrogen and oxygen atoms in total. The molecule has 0 radical (unpaired) electrons. The second-order valence-electron chi connectivity index (χ2n) is 10.4. The molecule has 3 heterocycles.